The van der Waals surface area contributed by atoms with E-state index in [-0.39, 0.29) is 5.91 Å². The van der Waals surface area contributed by atoms with Gasteiger partial charge in [0.15, 0.2) is 0 Å². The lowest BCUT2D eigenvalue weighted by Gasteiger charge is -2.09. The molecule has 2 heterocycles. The number of nitrogen functional groups attached to an aromatic ring is 1. The summed E-state index contributed by atoms with van der Waals surface area (Å²) in [5.74, 6) is 5.15. The molecule has 2 rings (SSSR count). The Labute approximate surface area is 110 Å². The van der Waals surface area contributed by atoms with Crippen LogP contribution in [0.4, 0.5) is 5.69 Å². The minimum Gasteiger partial charge on any atom is -0.352 e. The average Bonchev–Trinajstić information content (AvgIpc) is 2.84. The summed E-state index contributed by atoms with van der Waals surface area (Å²) in [6, 6.07) is 3.54. The van der Waals surface area contributed by atoms with E-state index >= 15 is 0 Å². The number of hydrazine groups is 1. The van der Waals surface area contributed by atoms with E-state index in [1.54, 1.807) is 23.1 Å². The van der Waals surface area contributed by atoms with Crippen molar-refractivity contribution in [2.75, 3.05) is 12.0 Å². The van der Waals surface area contributed by atoms with Gasteiger partial charge in [-0.25, -0.2) is 0 Å². The zero-order valence-corrected chi connectivity index (χ0v) is 10.6. The first kappa shape index (κ1) is 13.0. The number of pyridine rings is 1. The van der Waals surface area contributed by atoms with Crippen LogP contribution < -0.4 is 16.6 Å². The molecule has 1 amide bonds. The maximum Gasteiger partial charge on any atom is 0.253 e. The fourth-order valence-electron chi connectivity index (χ4n) is 1.75. The highest BCUT2D eigenvalue weighted by Gasteiger charge is 2.10. The fraction of sp³-hybridized carbons (Fsp3) is 0.250. The molecule has 7 heteroatoms. The molecule has 19 heavy (non-hydrogen) atoms. The van der Waals surface area contributed by atoms with Crippen LogP contribution in [0.2, 0.25) is 0 Å². The van der Waals surface area contributed by atoms with Crippen molar-refractivity contribution in [2.45, 2.75) is 6.42 Å². The van der Waals surface area contributed by atoms with Crippen molar-refractivity contribution in [1.29, 1.82) is 0 Å². The van der Waals surface area contributed by atoms with Gasteiger partial charge in [0.05, 0.1) is 17.4 Å². The van der Waals surface area contributed by atoms with E-state index < -0.39 is 0 Å². The lowest BCUT2D eigenvalue weighted by molar-refractivity contribution is 0.0954. The first-order valence-electron chi connectivity index (χ1n) is 5.88. The molecular formula is C12H16N6O. The molecule has 0 radical (unpaired) electrons. The third-order valence-corrected chi connectivity index (χ3v) is 2.81. The molecule has 0 saturated heterocycles. The van der Waals surface area contributed by atoms with Crippen molar-refractivity contribution in [2.24, 2.45) is 12.9 Å². The van der Waals surface area contributed by atoms with Gasteiger partial charge < -0.3 is 10.7 Å². The van der Waals surface area contributed by atoms with Gasteiger partial charge in [0.2, 0.25) is 0 Å². The van der Waals surface area contributed by atoms with Crippen molar-refractivity contribution in [1.82, 2.24) is 20.1 Å². The van der Waals surface area contributed by atoms with Crippen molar-refractivity contribution >= 4 is 11.6 Å². The smallest absolute Gasteiger partial charge is 0.253 e. The predicted octanol–water partition coefficient (Wildman–Crippen LogP) is 0.0732. The number of nitrogens with zero attached hydrogens (tertiary/aromatic N) is 3. The standard InChI is InChI=1S/C12H16N6O/c1-18-9(3-7-16-18)2-6-15-12(19)10-4-5-14-8-11(10)17-13/h3-5,7-8,17H,2,6,13H2,1H3,(H,15,19). The Morgan fingerprint density at radius 2 is 2.26 bits per heavy atom. The highest BCUT2D eigenvalue weighted by atomic mass is 16.1. The minimum atomic E-state index is -0.183. The number of carbonyl (C=O) groups excluding carboxylic acids is 1. The summed E-state index contributed by atoms with van der Waals surface area (Å²) < 4.78 is 1.78. The summed E-state index contributed by atoms with van der Waals surface area (Å²) in [6.07, 6.45) is 5.52. The fourth-order valence-corrected chi connectivity index (χ4v) is 1.75. The number of carbonyl (C=O) groups is 1. The Kier molecular flexibility index (Phi) is 4.09. The summed E-state index contributed by atoms with van der Waals surface area (Å²) in [7, 11) is 1.87. The molecule has 0 aliphatic rings. The van der Waals surface area contributed by atoms with Crippen molar-refractivity contribution < 1.29 is 4.79 Å². The van der Waals surface area contributed by atoms with Crippen LogP contribution in [0.15, 0.2) is 30.7 Å². The number of nitrogens with one attached hydrogen (secondary N) is 2. The van der Waals surface area contributed by atoms with Gasteiger partial charge in [-0.05, 0) is 12.1 Å². The summed E-state index contributed by atoms with van der Waals surface area (Å²) >= 11 is 0. The Bertz CT molecular complexity index is 565. The van der Waals surface area contributed by atoms with Crippen LogP contribution in [-0.4, -0.2) is 27.2 Å². The second-order valence-electron chi connectivity index (χ2n) is 4.02. The normalized spacial score (nSPS) is 10.2. The molecule has 0 unspecified atom stereocenters. The predicted molar refractivity (Wildman–Crippen MR) is 71.3 cm³/mol. The van der Waals surface area contributed by atoms with E-state index in [0.717, 1.165) is 12.1 Å². The van der Waals surface area contributed by atoms with Gasteiger partial charge in [-0.3, -0.25) is 20.3 Å². The average molecular weight is 260 g/mol. The highest BCUT2D eigenvalue weighted by Crippen LogP contribution is 2.11. The number of rotatable bonds is 5. The first-order chi connectivity index (χ1) is 9.22. The molecule has 0 spiro atoms. The van der Waals surface area contributed by atoms with Gasteiger partial charge in [-0.2, -0.15) is 5.10 Å². The Morgan fingerprint density at radius 3 is 2.95 bits per heavy atom. The van der Waals surface area contributed by atoms with Gasteiger partial charge in [0.25, 0.3) is 5.91 Å². The number of hydrogen-bond donors (Lipinski definition) is 3. The van der Waals surface area contributed by atoms with E-state index in [0.29, 0.717) is 17.8 Å². The van der Waals surface area contributed by atoms with Gasteiger partial charge in [0.1, 0.15) is 0 Å². The third-order valence-electron chi connectivity index (χ3n) is 2.81. The topological polar surface area (TPSA) is 97.9 Å². The van der Waals surface area contributed by atoms with E-state index in [2.05, 4.69) is 20.8 Å². The first-order valence-corrected chi connectivity index (χ1v) is 5.88. The van der Waals surface area contributed by atoms with Crippen LogP contribution in [0.25, 0.3) is 0 Å². The molecule has 0 aliphatic carbocycles. The van der Waals surface area contributed by atoms with E-state index in [1.807, 2.05) is 13.1 Å². The zero-order chi connectivity index (χ0) is 13.7. The molecule has 0 aromatic carbocycles. The largest absolute Gasteiger partial charge is 0.352 e. The van der Waals surface area contributed by atoms with Crippen molar-refractivity contribution in [3.8, 4) is 0 Å². The molecule has 0 saturated carbocycles. The van der Waals surface area contributed by atoms with Crippen LogP contribution >= 0.6 is 0 Å². The van der Waals surface area contributed by atoms with Gasteiger partial charge in [-0.1, -0.05) is 0 Å². The molecule has 0 fully saturated rings. The lowest BCUT2D eigenvalue weighted by Crippen LogP contribution is -2.27. The number of aryl methyl sites for hydroxylation is 1. The molecule has 2 aromatic heterocycles. The molecule has 0 bridgehead atoms. The zero-order valence-electron chi connectivity index (χ0n) is 10.6. The third kappa shape index (κ3) is 3.08. The summed E-state index contributed by atoms with van der Waals surface area (Å²) in [4.78, 5) is 15.9. The summed E-state index contributed by atoms with van der Waals surface area (Å²) in [5, 5.41) is 6.90. The maximum atomic E-state index is 12.0. The van der Waals surface area contributed by atoms with Crippen LogP contribution in [-0.2, 0) is 13.5 Å². The van der Waals surface area contributed by atoms with Crippen molar-refractivity contribution in [3.05, 3.63) is 42.0 Å². The second-order valence-corrected chi connectivity index (χ2v) is 4.02. The molecule has 0 aliphatic heterocycles. The SMILES string of the molecule is Cn1nccc1CCNC(=O)c1ccncc1NN. The summed E-state index contributed by atoms with van der Waals surface area (Å²) in [5.41, 5.74) is 4.49. The maximum absolute atomic E-state index is 12.0. The lowest BCUT2D eigenvalue weighted by atomic mass is 10.2. The Balaban J connectivity index is 1.93. The number of anilines is 1. The Hall–Kier alpha value is -2.41. The van der Waals surface area contributed by atoms with Gasteiger partial charge in [-0.15, -0.1) is 0 Å². The van der Waals surface area contributed by atoms with Crippen molar-refractivity contribution in [3.63, 3.8) is 0 Å². The monoisotopic (exact) mass is 260 g/mol. The van der Waals surface area contributed by atoms with Crippen LogP contribution in [0.3, 0.4) is 0 Å². The number of aromatic nitrogens is 3. The molecule has 7 nitrogen and oxygen atoms in total. The minimum absolute atomic E-state index is 0.183. The number of hydrogen-bond acceptors (Lipinski definition) is 5. The van der Waals surface area contributed by atoms with E-state index in [1.165, 1.54) is 6.20 Å². The van der Waals surface area contributed by atoms with Gasteiger partial charge >= 0.3 is 0 Å². The quantitative estimate of drug-likeness (QED) is 0.522. The van der Waals surface area contributed by atoms with E-state index in [9.17, 15) is 4.79 Å². The Morgan fingerprint density at radius 1 is 1.42 bits per heavy atom. The van der Waals surface area contributed by atoms with Crippen LogP contribution in [0.1, 0.15) is 16.1 Å². The molecule has 100 valence electrons. The molecule has 2 aromatic rings. The molecule has 0 atom stereocenters. The number of amides is 1. The highest BCUT2D eigenvalue weighted by molar-refractivity contribution is 5.99. The second kappa shape index (κ2) is 5.96. The van der Waals surface area contributed by atoms with Crippen LogP contribution in [0.5, 0.6) is 0 Å². The van der Waals surface area contributed by atoms with Crippen LogP contribution in [0, 0.1) is 0 Å². The van der Waals surface area contributed by atoms with E-state index in [4.69, 9.17) is 5.84 Å². The molecular weight excluding hydrogens is 244 g/mol. The molecule has 4 N–H and O–H groups in total. The summed E-state index contributed by atoms with van der Waals surface area (Å²) in [6.45, 7) is 0.532. The van der Waals surface area contributed by atoms with Gasteiger partial charge in [0, 0.05) is 38.1 Å². The number of nitrogens with two attached hydrogens (primary N) is 1.